The Morgan fingerprint density at radius 3 is 2.55 bits per heavy atom. The number of aromatic nitrogens is 2. The molecule has 2 N–H and O–H groups in total. The lowest BCUT2D eigenvalue weighted by atomic mass is 10.1. The highest BCUT2D eigenvalue weighted by atomic mass is 16.5. The average Bonchev–Trinajstić information content (AvgIpc) is 3.12. The molecule has 1 aromatic heterocycles. The van der Waals surface area contributed by atoms with Crippen molar-refractivity contribution in [2.75, 3.05) is 11.9 Å². The van der Waals surface area contributed by atoms with Crippen LogP contribution >= 0.6 is 0 Å². The summed E-state index contributed by atoms with van der Waals surface area (Å²) in [4.78, 5) is 12.7. The summed E-state index contributed by atoms with van der Waals surface area (Å²) in [7, 11) is 1.75. The highest BCUT2D eigenvalue weighted by Gasteiger charge is 2.14. The number of carbonyl (C=O) groups is 1. The first-order chi connectivity index (χ1) is 14.0. The highest BCUT2D eigenvalue weighted by molar-refractivity contribution is 6.04. The molecule has 0 radical (unpaired) electrons. The molecule has 8 nitrogen and oxygen atoms in total. The third kappa shape index (κ3) is 5.34. The zero-order valence-corrected chi connectivity index (χ0v) is 16.0. The third-order valence-corrected chi connectivity index (χ3v) is 3.91. The van der Waals surface area contributed by atoms with E-state index in [0.717, 1.165) is 0 Å². The van der Waals surface area contributed by atoms with Crippen LogP contribution in [0.2, 0.25) is 0 Å². The van der Waals surface area contributed by atoms with Gasteiger partial charge in [0.2, 0.25) is 0 Å². The maximum Gasteiger partial charge on any atom is 0.257 e. The lowest BCUT2D eigenvalue weighted by Crippen LogP contribution is -2.17. The van der Waals surface area contributed by atoms with Gasteiger partial charge >= 0.3 is 0 Å². The van der Waals surface area contributed by atoms with E-state index in [1.165, 1.54) is 0 Å². The maximum absolute atomic E-state index is 12.7. The van der Waals surface area contributed by atoms with E-state index in [1.54, 1.807) is 73.4 Å². The van der Waals surface area contributed by atoms with Crippen molar-refractivity contribution in [2.45, 2.75) is 13.0 Å². The van der Waals surface area contributed by atoms with Crippen LogP contribution in [0.5, 0.6) is 17.2 Å². The fourth-order valence-electron chi connectivity index (χ4n) is 2.50. The van der Waals surface area contributed by atoms with Gasteiger partial charge in [0, 0.05) is 30.9 Å². The van der Waals surface area contributed by atoms with Gasteiger partial charge in [-0.05, 0) is 43.3 Å². The van der Waals surface area contributed by atoms with Gasteiger partial charge < -0.3 is 19.9 Å². The zero-order valence-electron chi connectivity index (χ0n) is 16.0. The predicted molar refractivity (Wildman–Crippen MR) is 106 cm³/mol. The second-order valence-electron chi connectivity index (χ2n) is 6.37. The number of nitriles is 1. The number of ether oxygens (including phenoxy) is 2. The van der Waals surface area contributed by atoms with Gasteiger partial charge in [0.15, 0.2) is 5.82 Å². The SMILES string of the molecule is CC(CO)Oc1cc(Oc2ccc(C#N)cc2)cc(C(=O)Nc2ccn(C)n2)c1. The summed E-state index contributed by atoms with van der Waals surface area (Å²) >= 11 is 0. The van der Waals surface area contributed by atoms with E-state index in [4.69, 9.17) is 14.7 Å². The van der Waals surface area contributed by atoms with Crippen molar-refractivity contribution in [1.29, 1.82) is 5.26 Å². The fourth-order valence-corrected chi connectivity index (χ4v) is 2.50. The number of aliphatic hydroxyl groups excluding tert-OH is 1. The number of rotatable bonds is 7. The van der Waals surface area contributed by atoms with Crippen molar-refractivity contribution < 1.29 is 19.4 Å². The first-order valence-electron chi connectivity index (χ1n) is 8.88. The lowest BCUT2D eigenvalue weighted by Gasteiger charge is -2.15. The molecule has 2 aromatic carbocycles. The van der Waals surface area contributed by atoms with Crippen molar-refractivity contribution >= 4 is 11.7 Å². The highest BCUT2D eigenvalue weighted by Crippen LogP contribution is 2.28. The van der Waals surface area contributed by atoms with Gasteiger partial charge in [-0.2, -0.15) is 10.4 Å². The minimum absolute atomic E-state index is 0.170. The number of hydrogen-bond donors (Lipinski definition) is 2. The largest absolute Gasteiger partial charge is 0.488 e. The van der Waals surface area contributed by atoms with E-state index in [9.17, 15) is 9.90 Å². The van der Waals surface area contributed by atoms with Crippen LogP contribution in [0.3, 0.4) is 0 Å². The number of aryl methyl sites for hydroxylation is 1. The molecule has 0 aliphatic carbocycles. The predicted octanol–water partition coefficient (Wildman–Crippen LogP) is 3.10. The quantitative estimate of drug-likeness (QED) is 0.639. The van der Waals surface area contributed by atoms with Gasteiger partial charge in [0.05, 0.1) is 18.2 Å². The van der Waals surface area contributed by atoms with Crippen LogP contribution in [-0.4, -0.2) is 33.5 Å². The summed E-state index contributed by atoms with van der Waals surface area (Å²) in [6.07, 6.45) is 1.27. The van der Waals surface area contributed by atoms with Gasteiger partial charge in [0.25, 0.3) is 5.91 Å². The van der Waals surface area contributed by atoms with Crippen LogP contribution in [-0.2, 0) is 7.05 Å². The molecular formula is C21H20N4O4. The Bertz CT molecular complexity index is 1040. The minimum Gasteiger partial charge on any atom is -0.488 e. The molecule has 3 rings (SSSR count). The van der Waals surface area contributed by atoms with Gasteiger partial charge in [-0.25, -0.2) is 0 Å². The first-order valence-corrected chi connectivity index (χ1v) is 8.88. The monoisotopic (exact) mass is 392 g/mol. The zero-order chi connectivity index (χ0) is 20.8. The molecule has 29 heavy (non-hydrogen) atoms. The average molecular weight is 392 g/mol. The van der Waals surface area contributed by atoms with E-state index >= 15 is 0 Å². The van der Waals surface area contributed by atoms with Gasteiger partial charge in [0.1, 0.15) is 23.4 Å². The topological polar surface area (TPSA) is 109 Å². The molecule has 8 heteroatoms. The molecule has 0 fully saturated rings. The van der Waals surface area contributed by atoms with Gasteiger partial charge in [-0.15, -0.1) is 0 Å². The van der Waals surface area contributed by atoms with Gasteiger partial charge in [-0.3, -0.25) is 9.48 Å². The van der Waals surface area contributed by atoms with Crippen LogP contribution in [0.15, 0.2) is 54.7 Å². The molecule has 0 aliphatic rings. The molecule has 0 bridgehead atoms. The number of anilines is 1. The molecule has 3 aromatic rings. The number of nitrogens with one attached hydrogen (secondary N) is 1. The summed E-state index contributed by atoms with van der Waals surface area (Å²) in [6, 6.07) is 15.1. The van der Waals surface area contributed by atoms with Crippen molar-refractivity contribution in [3.05, 3.63) is 65.9 Å². The summed E-state index contributed by atoms with van der Waals surface area (Å²) in [5.74, 6) is 1.30. The molecule has 0 saturated carbocycles. The lowest BCUT2D eigenvalue weighted by molar-refractivity contribution is 0.102. The molecule has 1 heterocycles. The second-order valence-corrected chi connectivity index (χ2v) is 6.37. The summed E-state index contributed by atoms with van der Waals surface area (Å²) < 4.78 is 13.1. The smallest absolute Gasteiger partial charge is 0.257 e. The second kappa shape index (κ2) is 8.91. The molecule has 0 saturated heterocycles. The van der Waals surface area contributed by atoms with Crippen LogP contribution in [0, 0.1) is 11.3 Å². The Morgan fingerprint density at radius 2 is 1.93 bits per heavy atom. The number of aliphatic hydroxyl groups is 1. The normalized spacial score (nSPS) is 11.4. The summed E-state index contributed by atoms with van der Waals surface area (Å²) in [5, 5.41) is 25.0. The number of carbonyl (C=O) groups excluding carboxylic acids is 1. The molecule has 148 valence electrons. The molecule has 1 amide bonds. The van der Waals surface area contributed by atoms with Crippen molar-refractivity contribution in [3.63, 3.8) is 0 Å². The van der Waals surface area contributed by atoms with Crippen molar-refractivity contribution in [3.8, 4) is 23.3 Å². The number of hydrogen-bond acceptors (Lipinski definition) is 6. The molecule has 0 spiro atoms. The van der Waals surface area contributed by atoms with Gasteiger partial charge in [-0.1, -0.05) is 0 Å². The van der Waals surface area contributed by atoms with Crippen molar-refractivity contribution in [2.24, 2.45) is 7.05 Å². The minimum atomic E-state index is -0.452. The Kier molecular flexibility index (Phi) is 6.12. The van der Waals surface area contributed by atoms with Crippen LogP contribution < -0.4 is 14.8 Å². The fraction of sp³-hybridized carbons (Fsp3) is 0.190. The van der Waals surface area contributed by atoms with Crippen LogP contribution in [0.4, 0.5) is 5.82 Å². The molecular weight excluding hydrogens is 372 g/mol. The summed E-state index contributed by atoms with van der Waals surface area (Å²) in [6.45, 7) is 1.54. The molecule has 0 aliphatic heterocycles. The maximum atomic E-state index is 12.7. The summed E-state index contributed by atoms with van der Waals surface area (Å²) in [5.41, 5.74) is 0.823. The third-order valence-electron chi connectivity index (χ3n) is 3.91. The molecule has 1 atom stereocenters. The van der Waals surface area contributed by atoms with E-state index in [2.05, 4.69) is 10.4 Å². The standard InChI is InChI=1S/C21H20N4O4/c1-14(13-26)28-18-9-16(21(27)23-20-7-8-25(2)24-20)10-19(11-18)29-17-5-3-15(12-22)4-6-17/h3-11,14,26H,13H2,1-2H3,(H,23,24,27). The Morgan fingerprint density at radius 1 is 1.21 bits per heavy atom. The van der Waals surface area contributed by atoms with E-state index in [0.29, 0.717) is 34.2 Å². The first kappa shape index (κ1) is 19.9. The van der Waals surface area contributed by atoms with E-state index in [1.807, 2.05) is 6.07 Å². The number of nitrogens with zero attached hydrogens (tertiary/aromatic N) is 3. The molecule has 1 unspecified atom stereocenters. The number of benzene rings is 2. The Balaban J connectivity index is 1.87. The van der Waals surface area contributed by atoms with Crippen LogP contribution in [0.25, 0.3) is 0 Å². The van der Waals surface area contributed by atoms with E-state index < -0.39 is 6.10 Å². The van der Waals surface area contributed by atoms with E-state index in [-0.39, 0.29) is 12.5 Å². The van der Waals surface area contributed by atoms with Crippen LogP contribution in [0.1, 0.15) is 22.8 Å². The number of amides is 1. The Labute approximate surface area is 167 Å². The van der Waals surface area contributed by atoms with Crippen molar-refractivity contribution in [1.82, 2.24) is 9.78 Å². The Hall–Kier alpha value is -3.83.